The zero-order valence-electron chi connectivity index (χ0n) is 10.8. The van der Waals surface area contributed by atoms with Crippen molar-refractivity contribution in [3.8, 4) is 5.75 Å². The van der Waals surface area contributed by atoms with Crippen LogP contribution in [0.15, 0.2) is 21.1 Å². The number of carbonyl (C=O) groups excluding carboxylic acids is 2. The molecule has 0 saturated carbocycles. The highest BCUT2D eigenvalue weighted by molar-refractivity contribution is 9.11. The first-order chi connectivity index (χ1) is 8.73. The molecule has 0 radical (unpaired) electrons. The minimum absolute atomic E-state index is 0.184. The van der Waals surface area contributed by atoms with E-state index in [0.29, 0.717) is 20.3 Å². The Balaban J connectivity index is 2.69. The number of rotatable bonds is 4. The van der Waals surface area contributed by atoms with Crippen LogP contribution in [-0.4, -0.2) is 24.5 Å². The molecule has 0 bridgehead atoms. The molecule has 6 heteroatoms. The first-order valence-corrected chi connectivity index (χ1v) is 7.10. The highest BCUT2D eigenvalue weighted by Gasteiger charge is 2.17. The van der Waals surface area contributed by atoms with Crippen LogP contribution in [0.4, 0.5) is 0 Å². The second kappa shape index (κ2) is 6.52. The smallest absolute Gasteiger partial charge is 0.344 e. The van der Waals surface area contributed by atoms with E-state index in [2.05, 4.69) is 31.9 Å². The van der Waals surface area contributed by atoms with Gasteiger partial charge in [-0.15, -0.1) is 0 Å². The number of benzene rings is 1. The molecule has 0 unspecified atom stereocenters. The van der Waals surface area contributed by atoms with Crippen molar-refractivity contribution in [1.82, 2.24) is 0 Å². The maximum absolute atomic E-state index is 11.5. The summed E-state index contributed by atoms with van der Waals surface area (Å²) in [6, 6.07) is 3.25. The second-order valence-corrected chi connectivity index (χ2v) is 6.50. The third kappa shape index (κ3) is 5.32. The Morgan fingerprint density at radius 2 is 1.79 bits per heavy atom. The number of hydrogen-bond donors (Lipinski definition) is 0. The molecule has 0 aliphatic rings. The molecule has 1 aromatic carbocycles. The van der Waals surface area contributed by atoms with Gasteiger partial charge in [0.1, 0.15) is 11.4 Å². The molecule has 0 fully saturated rings. The summed E-state index contributed by atoms with van der Waals surface area (Å²) in [6.07, 6.45) is 0.728. The second-order valence-electron chi connectivity index (χ2n) is 4.79. The lowest BCUT2D eigenvalue weighted by Gasteiger charge is -2.19. The predicted octanol–water partition coefficient (Wildman–Crippen LogP) is 3.74. The molecule has 0 aliphatic carbocycles. The summed E-state index contributed by atoms with van der Waals surface area (Å²) in [7, 11) is 0. The van der Waals surface area contributed by atoms with Gasteiger partial charge in [0.05, 0.1) is 0 Å². The van der Waals surface area contributed by atoms with Gasteiger partial charge in [-0.1, -0.05) is 0 Å². The molecule has 0 spiro atoms. The molecule has 1 rings (SSSR count). The Kier molecular flexibility index (Phi) is 5.55. The SMILES string of the molecule is CC(C)(C)OC(=O)COc1cc(Br)c(C=O)c(Br)c1. The molecule has 19 heavy (non-hydrogen) atoms. The molecule has 0 atom stereocenters. The van der Waals surface area contributed by atoms with Gasteiger partial charge in [0, 0.05) is 14.5 Å². The fourth-order valence-electron chi connectivity index (χ4n) is 1.27. The van der Waals surface area contributed by atoms with Crippen LogP contribution in [0.5, 0.6) is 5.75 Å². The highest BCUT2D eigenvalue weighted by Crippen LogP contribution is 2.29. The van der Waals surface area contributed by atoms with E-state index in [1.54, 1.807) is 32.9 Å². The summed E-state index contributed by atoms with van der Waals surface area (Å²) in [5.41, 5.74) is -0.0483. The minimum Gasteiger partial charge on any atom is -0.482 e. The topological polar surface area (TPSA) is 52.6 Å². The monoisotopic (exact) mass is 392 g/mol. The Morgan fingerprint density at radius 1 is 1.26 bits per heavy atom. The van der Waals surface area contributed by atoms with Crippen molar-refractivity contribution >= 4 is 44.1 Å². The van der Waals surface area contributed by atoms with Gasteiger partial charge in [-0.2, -0.15) is 0 Å². The van der Waals surface area contributed by atoms with Crippen molar-refractivity contribution in [2.75, 3.05) is 6.61 Å². The first kappa shape index (κ1) is 16.2. The molecule has 0 heterocycles. The lowest BCUT2D eigenvalue weighted by atomic mass is 10.2. The van der Waals surface area contributed by atoms with Crippen LogP contribution in [-0.2, 0) is 9.53 Å². The molecule has 0 aromatic heterocycles. The van der Waals surface area contributed by atoms with E-state index in [4.69, 9.17) is 9.47 Å². The number of halogens is 2. The van der Waals surface area contributed by atoms with E-state index in [9.17, 15) is 9.59 Å². The summed E-state index contributed by atoms with van der Waals surface area (Å²) >= 11 is 6.51. The standard InChI is InChI=1S/C13H14Br2O4/c1-13(2,3)19-12(17)7-18-8-4-10(14)9(6-16)11(15)5-8/h4-6H,7H2,1-3H3. The van der Waals surface area contributed by atoms with Crippen molar-refractivity contribution in [2.24, 2.45) is 0 Å². The number of aldehydes is 1. The maximum atomic E-state index is 11.5. The summed E-state index contributed by atoms with van der Waals surface area (Å²) in [5, 5.41) is 0. The number of esters is 1. The summed E-state index contributed by atoms with van der Waals surface area (Å²) < 4.78 is 11.6. The Hall–Kier alpha value is -0.880. The van der Waals surface area contributed by atoms with Crippen LogP contribution in [0.2, 0.25) is 0 Å². The predicted molar refractivity (Wildman–Crippen MR) is 78.6 cm³/mol. The molecule has 0 amide bonds. The van der Waals surface area contributed by atoms with Gasteiger partial charge in [0.2, 0.25) is 0 Å². The average molecular weight is 394 g/mol. The van der Waals surface area contributed by atoms with Gasteiger partial charge in [0.25, 0.3) is 0 Å². The van der Waals surface area contributed by atoms with Crippen LogP contribution in [0.25, 0.3) is 0 Å². The number of hydrogen-bond acceptors (Lipinski definition) is 4. The largest absolute Gasteiger partial charge is 0.482 e. The van der Waals surface area contributed by atoms with Crippen molar-refractivity contribution in [1.29, 1.82) is 0 Å². The van der Waals surface area contributed by atoms with Gasteiger partial charge < -0.3 is 9.47 Å². The summed E-state index contributed by atoms with van der Waals surface area (Å²) in [5.74, 6) is 0.0226. The average Bonchev–Trinajstić information content (AvgIpc) is 2.23. The number of ether oxygens (including phenoxy) is 2. The maximum Gasteiger partial charge on any atom is 0.344 e. The first-order valence-electron chi connectivity index (χ1n) is 5.52. The normalized spacial score (nSPS) is 11.0. The molecule has 0 aliphatic heterocycles. The van der Waals surface area contributed by atoms with Gasteiger partial charge >= 0.3 is 5.97 Å². The van der Waals surface area contributed by atoms with E-state index < -0.39 is 11.6 Å². The van der Waals surface area contributed by atoms with Crippen LogP contribution < -0.4 is 4.74 Å². The third-order valence-electron chi connectivity index (χ3n) is 1.95. The highest BCUT2D eigenvalue weighted by atomic mass is 79.9. The molecule has 0 N–H and O–H groups in total. The van der Waals surface area contributed by atoms with E-state index in [-0.39, 0.29) is 6.61 Å². The fraction of sp³-hybridized carbons (Fsp3) is 0.385. The van der Waals surface area contributed by atoms with Crippen molar-refractivity contribution < 1.29 is 19.1 Å². The molecule has 1 aromatic rings. The van der Waals surface area contributed by atoms with Crippen LogP contribution in [0.3, 0.4) is 0 Å². The van der Waals surface area contributed by atoms with E-state index in [0.717, 1.165) is 6.29 Å². The Morgan fingerprint density at radius 3 is 2.21 bits per heavy atom. The third-order valence-corrected chi connectivity index (χ3v) is 3.26. The lowest BCUT2D eigenvalue weighted by Crippen LogP contribution is -2.27. The van der Waals surface area contributed by atoms with Crippen molar-refractivity contribution in [3.05, 3.63) is 26.6 Å². The van der Waals surface area contributed by atoms with Crippen molar-refractivity contribution in [2.45, 2.75) is 26.4 Å². The van der Waals surface area contributed by atoms with E-state index >= 15 is 0 Å². The van der Waals surface area contributed by atoms with Gasteiger partial charge in [0.15, 0.2) is 12.9 Å². The van der Waals surface area contributed by atoms with E-state index in [1.165, 1.54) is 0 Å². The van der Waals surface area contributed by atoms with Crippen LogP contribution >= 0.6 is 31.9 Å². The van der Waals surface area contributed by atoms with Gasteiger partial charge in [-0.25, -0.2) is 4.79 Å². The molecule has 0 saturated heterocycles. The molecular formula is C13H14Br2O4. The molecule has 104 valence electrons. The lowest BCUT2D eigenvalue weighted by molar-refractivity contribution is -0.157. The fourth-order valence-corrected chi connectivity index (χ4v) is 2.60. The summed E-state index contributed by atoms with van der Waals surface area (Å²) in [6.45, 7) is 5.18. The van der Waals surface area contributed by atoms with E-state index in [1.807, 2.05) is 0 Å². The Bertz CT molecular complexity index is 469. The molecular weight excluding hydrogens is 380 g/mol. The quantitative estimate of drug-likeness (QED) is 0.577. The minimum atomic E-state index is -0.539. The molecule has 4 nitrogen and oxygen atoms in total. The van der Waals surface area contributed by atoms with Crippen LogP contribution in [0, 0.1) is 0 Å². The Labute approximate surface area is 128 Å². The summed E-state index contributed by atoms with van der Waals surface area (Å²) in [4.78, 5) is 22.3. The zero-order valence-corrected chi connectivity index (χ0v) is 14.0. The number of carbonyl (C=O) groups is 2. The van der Waals surface area contributed by atoms with Crippen LogP contribution in [0.1, 0.15) is 31.1 Å². The zero-order chi connectivity index (χ0) is 14.6. The van der Waals surface area contributed by atoms with Gasteiger partial charge in [-0.3, -0.25) is 4.79 Å². The van der Waals surface area contributed by atoms with Crippen molar-refractivity contribution in [3.63, 3.8) is 0 Å². The van der Waals surface area contributed by atoms with Gasteiger partial charge in [-0.05, 0) is 64.8 Å².